The van der Waals surface area contributed by atoms with E-state index in [2.05, 4.69) is 24.5 Å². The van der Waals surface area contributed by atoms with E-state index in [9.17, 15) is 4.79 Å². The molecule has 0 aliphatic heterocycles. The first-order chi connectivity index (χ1) is 9.97. The van der Waals surface area contributed by atoms with Crippen LogP contribution in [0.15, 0.2) is 18.2 Å². The van der Waals surface area contributed by atoms with Crippen molar-refractivity contribution in [3.63, 3.8) is 0 Å². The molecule has 0 aromatic heterocycles. The zero-order chi connectivity index (χ0) is 15.4. The van der Waals surface area contributed by atoms with Crippen LogP contribution in [-0.4, -0.2) is 24.1 Å². The molecule has 0 bridgehead atoms. The Bertz CT molecular complexity index is 501. The van der Waals surface area contributed by atoms with Crippen molar-refractivity contribution >= 4 is 17.5 Å². The van der Waals surface area contributed by atoms with Crippen molar-refractivity contribution < 1.29 is 9.53 Å². The number of rotatable bonds is 7. The second-order valence-corrected chi connectivity index (χ2v) is 6.20. The summed E-state index contributed by atoms with van der Waals surface area (Å²) in [4.78, 5) is 12.0. The van der Waals surface area contributed by atoms with Gasteiger partial charge in [-0.15, -0.1) is 0 Å². The second kappa shape index (κ2) is 7.14. The Hall–Kier alpha value is -1.26. The Kier molecular flexibility index (Phi) is 5.48. The molecule has 4 nitrogen and oxygen atoms in total. The van der Waals surface area contributed by atoms with Gasteiger partial charge in [0.05, 0.1) is 0 Å². The third-order valence-corrected chi connectivity index (χ3v) is 3.71. The van der Waals surface area contributed by atoms with Crippen LogP contribution in [0.1, 0.15) is 39.2 Å². The molecule has 1 atom stereocenters. The van der Waals surface area contributed by atoms with Crippen molar-refractivity contribution in [1.29, 1.82) is 0 Å². The largest absolute Gasteiger partial charge is 0.481 e. The van der Waals surface area contributed by atoms with Gasteiger partial charge in [0.15, 0.2) is 6.10 Å². The minimum atomic E-state index is -0.526. The van der Waals surface area contributed by atoms with E-state index in [1.54, 1.807) is 6.92 Å². The quantitative estimate of drug-likeness (QED) is 0.814. The van der Waals surface area contributed by atoms with Crippen molar-refractivity contribution in [2.45, 2.75) is 58.3 Å². The number of halogens is 1. The normalized spacial score (nSPS) is 15.9. The molecular formula is C16H23ClN2O2. The molecule has 1 aliphatic rings. The predicted molar refractivity (Wildman–Crippen MR) is 84.7 cm³/mol. The molecule has 1 aromatic carbocycles. The van der Waals surface area contributed by atoms with E-state index in [0.29, 0.717) is 29.4 Å². The molecule has 116 valence electrons. The van der Waals surface area contributed by atoms with Gasteiger partial charge in [-0.25, -0.2) is 0 Å². The van der Waals surface area contributed by atoms with E-state index in [0.717, 1.165) is 18.4 Å². The highest BCUT2D eigenvalue weighted by Gasteiger charge is 2.26. The molecular weight excluding hydrogens is 288 g/mol. The molecule has 1 fully saturated rings. The Balaban J connectivity index is 2.03. The van der Waals surface area contributed by atoms with Gasteiger partial charge < -0.3 is 15.4 Å². The van der Waals surface area contributed by atoms with E-state index in [1.165, 1.54) is 0 Å². The van der Waals surface area contributed by atoms with Gasteiger partial charge in [-0.05, 0) is 31.9 Å². The van der Waals surface area contributed by atoms with Crippen molar-refractivity contribution in [3.05, 3.63) is 28.8 Å². The average molecular weight is 311 g/mol. The number of nitrogens with one attached hydrogen (secondary N) is 2. The molecule has 5 heteroatoms. The number of hydrogen-bond donors (Lipinski definition) is 2. The molecule has 21 heavy (non-hydrogen) atoms. The first-order valence-electron chi connectivity index (χ1n) is 7.45. The fourth-order valence-corrected chi connectivity index (χ4v) is 2.15. The summed E-state index contributed by atoms with van der Waals surface area (Å²) in [6.07, 6.45) is 1.61. The summed E-state index contributed by atoms with van der Waals surface area (Å²) in [6.45, 7) is 6.52. The van der Waals surface area contributed by atoms with Crippen molar-refractivity contribution in [3.8, 4) is 5.75 Å². The predicted octanol–water partition coefficient (Wildman–Crippen LogP) is 2.88. The van der Waals surface area contributed by atoms with E-state index in [1.807, 2.05) is 18.2 Å². The number of carbonyl (C=O) groups is 1. The number of amides is 1. The van der Waals surface area contributed by atoms with Crippen LogP contribution in [0.25, 0.3) is 0 Å². The van der Waals surface area contributed by atoms with E-state index < -0.39 is 6.10 Å². The summed E-state index contributed by atoms with van der Waals surface area (Å²) in [5, 5.41) is 6.92. The minimum absolute atomic E-state index is 0.0692. The van der Waals surface area contributed by atoms with Crippen LogP contribution in [0.5, 0.6) is 5.75 Å². The van der Waals surface area contributed by atoms with Gasteiger partial charge in [-0.3, -0.25) is 4.79 Å². The summed E-state index contributed by atoms with van der Waals surface area (Å²) in [7, 11) is 0. The van der Waals surface area contributed by atoms with E-state index in [-0.39, 0.29) is 5.91 Å². The number of benzene rings is 1. The lowest BCUT2D eigenvalue weighted by atomic mass is 10.2. The maximum Gasteiger partial charge on any atom is 0.260 e. The Labute approximate surface area is 131 Å². The summed E-state index contributed by atoms with van der Waals surface area (Å²) in [5.74, 6) is 0.592. The monoisotopic (exact) mass is 310 g/mol. The van der Waals surface area contributed by atoms with E-state index in [4.69, 9.17) is 16.3 Å². The van der Waals surface area contributed by atoms with Gasteiger partial charge in [0.2, 0.25) is 0 Å². The standard InChI is InChI=1S/C16H23ClN2O2/c1-10(2)18-9-13-14(17)5-4-6-15(13)21-11(3)16(20)19-12-7-8-12/h4-6,10-12,18H,7-9H2,1-3H3,(H,19,20). The van der Waals surface area contributed by atoms with Crippen LogP contribution in [0.4, 0.5) is 0 Å². The highest BCUT2D eigenvalue weighted by molar-refractivity contribution is 6.31. The van der Waals surface area contributed by atoms with Crippen molar-refractivity contribution in [2.75, 3.05) is 0 Å². The lowest BCUT2D eigenvalue weighted by Gasteiger charge is -2.19. The Morgan fingerprint density at radius 3 is 2.71 bits per heavy atom. The summed E-state index contributed by atoms with van der Waals surface area (Å²) in [6, 6.07) is 6.21. The molecule has 1 saturated carbocycles. The Morgan fingerprint density at radius 1 is 1.38 bits per heavy atom. The molecule has 1 amide bonds. The van der Waals surface area contributed by atoms with Gasteiger partial charge in [0, 0.05) is 29.2 Å². The van der Waals surface area contributed by atoms with Gasteiger partial charge in [0.1, 0.15) is 5.75 Å². The highest BCUT2D eigenvalue weighted by atomic mass is 35.5. The van der Waals surface area contributed by atoms with Crippen LogP contribution < -0.4 is 15.4 Å². The molecule has 1 unspecified atom stereocenters. The smallest absolute Gasteiger partial charge is 0.260 e. The van der Waals surface area contributed by atoms with Crippen LogP contribution in [0, 0.1) is 0 Å². The average Bonchev–Trinajstić information content (AvgIpc) is 3.21. The van der Waals surface area contributed by atoms with Crippen LogP contribution in [0.2, 0.25) is 5.02 Å². The lowest BCUT2D eigenvalue weighted by molar-refractivity contribution is -0.127. The topological polar surface area (TPSA) is 50.4 Å². The van der Waals surface area contributed by atoms with Gasteiger partial charge in [0.25, 0.3) is 5.91 Å². The van der Waals surface area contributed by atoms with Crippen LogP contribution >= 0.6 is 11.6 Å². The molecule has 0 heterocycles. The molecule has 1 aliphatic carbocycles. The summed E-state index contributed by atoms with van der Waals surface area (Å²) in [5.41, 5.74) is 0.888. The summed E-state index contributed by atoms with van der Waals surface area (Å²) < 4.78 is 5.81. The van der Waals surface area contributed by atoms with Gasteiger partial charge in [-0.1, -0.05) is 31.5 Å². The zero-order valence-electron chi connectivity index (χ0n) is 12.8. The van der Waals surface area contributed by atoms with Crippen LogP contribution in [0.3, 0.4) is 0 Å². The number of ether oxygens (including phenoxy) is 1. The van der Waals surface area contributed by atoms with Crippen molar-refractivity contribution in [1.82, 2.24) is 10.6 Å². The second-order valence-electron chi connectivity index (χ2n) is 5.80. The highest BCUT2D eigenvalue weighted by Crippen LogP contribution is 2.27. The molecule has 2 N–H and O–H groups in total. The third-order valence-electron chi connectivity index (χ3n) is 3.36. The zero-order valence-corrected chi connectivity index (χ0v) is 13.5. The Morgan fingerprint density at radius 2 is 2.10 bits per heavy atom. The van der Waals surface area contributed by atoms with Gasteiger partial charge >= 0.3 is 0 Å². The van der Waals surface area contributed by atoms with Crippen molar-refractivity contribution in [2.24, 2.45) is 0 Å². The minimum Gasteiger partial charge on any atom is -0.481 e. The number of carbonyl (C=O) groups excluding carboxylic acids is 1. The fourth-order valence-electron chi connectivity index (χ4n) is 1.92. The van der Waals surface area contributed by atoms with E-state index >= 15 is 0 Å². The molecule has 0 radical (unpaired) electrons. The fraction of sp³-hybridized carbons (Fsp3) is 0.562. The van der Waals surface area contributed by atoms with Gasteiger partial charge in [-0.2, -0.15) is 0 Å². The molecule has 0 saturated heterocycles. The first-order valence-corrected chi connectivity index (χ1v) is 7.83. The maximum absolute atomic E-state index is 12.0. The lowest BCUT2D eigenvalue weighted by Crippen LogP contribution is -2.37. The third kappa shape index (κ3) is 4.90. The molecule has 1 aromatic rings. The number of hydrogen-bond acceptors (Lipinski definition) is 3. The SMILES string of the molecule is CC(C)NCc1c(Cl)cccc1OC(C)C(=O)NC1CC1. The maximum atomic E-state index is 12.0. The molecule has 2 rings (SSSR count). The summed E-state index contributed by atoms with van der Waals surface area (Å²) >= 11 is 6.25. The first kappa shape index (κ1) is 16.1. The van der Waals surface area contributed by atoms with Crippen LogP contribution in [-0.2, 0) is 11.3 Å². The molecule has 0 spiro atoms.